The van der Waals surface area contributed by atoms with Crippen molar-refractivity contribution in [1.29, 1.82) is 0 Å². The predicted molar refractivity (Wildman–Crippen MR) is 89.2 cm³/mol. The van der Waals surface area contributed by atoms with Crippen LogP contribution >= 0.6 is 0 Å². The Kier molecular flexibility index (Phi) is 3.97. The van der Waals surface area contributed by atoms with E-state index in [4.69, 9.17) is 4.74 Å². The topological polar surface area (TPSA) is 119 Å². The third-order valence-corrected chi connectivity index (χ3v) is 3.66. The fraction of sp³-hybridized carbons (Fsp3) is 0.125. The Balaban J connectivity index is 2.03. The SMILES string of the molecule is COc1cccn2c(C(=O)Nc3cc([N+](=O)[O-])ccc3O)c(C)nc12. The number of nitrogens with zero attached hydrogens (tertiary/aromatic N) is 3. The third-order valence-electron chi connectivity index (χ3n) is 3.66. The molecule has 0 aliphatic rings. The lowest BCUT2D eigenvalue weighted by atomic mass is 10.2. The standard InChI is InChI=1S/C16H14N4O5/c1-9-14(19-7-3-4-13(25-2)15(19)17-9)16(22)18-11-8-10(20(23)24)5-6-12(11)21/h3-8,21H,1-2H3,(H,18,22). The van der Waals surface area contributed by atoms with Crippen LogP contribution in [-0.4, -0.2) is 32.4 Å². The second-order valence-electron chi connectivity index (χ2n) is 5.23. The summed E-state index contributed by atoms with van der Waals surface area (Å²) >= 11 is 0. The molecule has 2 heterocycles. The number of phenolic OH excluding ortho intramolecular Hbond substituents is 1. The smallest absolute Gasteiger partial charge is 0.274 e. The second-order valence-corrected chi connectivity index (χ2v) is 5.23. The monoisotopic (exact) mass is 342 g/mol. The number of amides is 1. The molecule has 9 nitrogen and oxygen atoms in total. The van der Waals surface area contributed by atoms with Crippen LogP contribution in [0.15, 0.2) is 36.5 Å². The number of aromatic hydroxyl groups is 1. The molecule has 128 valence electrons. The van der Waals surface area contributed by atoms with Crippen LogP contribution in [0.25, 0.3) is 5.65 Å². The van der Waals surface area contributed by atoms with E-state index in [2.05, 4.69) is 10.3 Å². The number of carbonyl (C=O) groups excluding carboxylic acids is 1. The van der Waals surface area contributed by atoms with Crippen LogP contribution < -0.4 is 10.1 Å². The minimum absolute atomic E-state index is 0.0588. The molecule has 1 aromatic carbocycles. The van der Waals surface area contributed by atoms with Crippen molar-refractivity contribution in [3.8, 4) is 11.5 Å². The number of benzene rings is 1. The summed E-state index contributed by atoms with van der Waals surface area (Å²) in [5, 5.41) is 23.2. The molecule has 2 N–H and O–H groups in total. The molecule has 1 amide bonds. The molecule has 25 heavy (non-hydrogen) atoms. The Bertz CT molecular complexity index is 996. The Morgan fingerprint density at radius 3 is 2.84 bits per heavy atom. The quantitative estimate of drug-likeness (QED) is 0.427. The molecule has 0 saturated carbocycles. The molecule has 9 heteroatoms. The maximum atomic E-state index is 12.6. The van der Waals surface area contributed by atoms with Crippen molar-refractivity contribution < 1.29 is 19.6 Å². The predicted octanol–water partition coefficient (Wildman–Crippen LogP) is 2.52. The number of imidazole rings is 1. The van der Waals surface area contributed by atoms with Crippen LogP contribution in [-0.2, 0) is 0 Å². The number of anilines is 1. The average molecular weight is 342 g/mol. The van der Waals surface area contributed by atoms with Gasteiger partial charge in [0.15, 0.2) is 11.4 Å². The molecule has 0 aliphatic carbocycles. The zero-order valence-corrected chi connectivity index (χ0v) is 13.4. The Labute approximate surface area is 141 Å². The van der Waals surface area contributed by atoms with Gasteiger partial charge in [-0.25, -0.2) is 4.98 Å². The Hall–Kier alpha value is -3.62. The van der Waals surface area contributed by atoms with Gasteiger partial charge in [0.2, 0.25) is 0 Å². The maximum absolute atomic E-state index is 12.6. The van der Waals surface area contributed by atoms with E-state index in [0.29, 0.717) is 17.1 Å². The van der Waals surface area contributed by atoms with Crippen molar-refractivity contribution in [2.75, 3.05) is 12.4 Å². The van der Waals surface area contributed by atoms with E-state index in [-0.39, 0.29) is 22.8 Å². The second kappa shape index (κ2) is 6.11. The van der Waals surface area contributed by atoms with Crippen molar-refractivity contribution in [3.63, 3.8) is 0 Å². The molecule has 0 atom stereocenters. The first kappa shape index (κ1) is 16.2. The highest BCUT2D eigenvalue weighted by Crippen LogP contribution is 2.29. The van der Waals surface area contributed by atoms with Crippen LogP contribution in [0.4, 0.5) is 11.4 Å². The fourth-order valence-corrected chi connectivity index (χ4v) is 2.51. The van der Waals surface area contributed by atoms with E-state index >= 15 is 0 Å². The van der Waals surface area contributed by atoms with Crippen LogP contribution in [0.3, 0.4) is 0 Å². The number of aryl methyl sites for hydroxylation is 1. The molecule has 0 aliphatic heterocycles. The summed E-state index contributed by atoms with van der Waals surface area (Å²) in [6.45, 7) is 1.66. The van der Waals surface area contributed by atoms with Crippen molar-refractivity contribution in [2.24, 2.45) is 0 Å². The lowest BCUT2D eigenvalue weighted by Crippen LogP contribution is -2.16. The van der Waals surface area contributed by atoms with E-state index in [9.17, 15) is 20.0 Å². The first-order valence-electron chi connectivity index (χ1n) is 7.22. The summed E-state index contributed by atoms with van der Waals surface area (Å²) in [5.41, 5.74) is 0.851. The zero-order chi connectivity index (χ0) is 18.1. The molecular weight excluding hydrogens is 328 g/mol. The molecule has 0 fully saturated rings. The largest absolute Gasteiger partial charge is 0.506 e. The molecule has 0 radical (unpaired) electrons. The molecule has 0 unspecified atom stereocenters. The zero-order valence-electron chi connectivity index (χ0n) is 13.4. The highest BCUT2D eigenvalue weighted by Gasteiger charge is 2.20. The van der Waals surface area contributed by atoms with Gasteiger partial charge >= 0.3 is 0 Å². The molecule has 0 bridgehead atoms. The van der Waals surface area contributed by atoms with Gasteiger partial charge in [-0.05, 0) is 25.1 Å². The van der Waals surface area contributed by atoms with Gasteiger partial charge in [-0.1, -0.05) is 0 Å². The first-order chi connectivity index (χ1) is 11.9. The minimum Gasteiger partial charge on any atom is -0.506 e. The summed E-state index contributed by atoms with van der Waals surface area (Å²) in [6, 6.07) is 6.81. The third kappa shape index (κ3) is 2.82. The number of methoxy groups -OCH3 is 1. The first-order valence-corrected chi connectivity index (χ1v) is 7.22. The van der Waals surface area contributed by atoms with E-state index in [1.165, 1.54) is 7.11 Å². The Morgan fingerprint density at radius 2 is 2.16 bits per heavy atom. The number of hydrogen-bond donors (Lipinski definition) is 2. The van der Waals surface area contributed by atoms with Crippen LogP contribution in [0.1, 0.15) is 16.2 Å². The van der Waals surface area contributed by atoms with Gasteiger partial charge in [0.05, 0.1) is 23.4 Å². The number of fused-ring (bicyclic) bond motifs is 1. The number of rotatable bonds is 4. The Morgan fingerprint density at radius 1 is 1.40 bits per heavy atom. The van der Waals surface area contributed by atoms with Gasteiger partial charge < -0.3 is 15.2 Å². The number of nitrogens with one attached hydrogen (secondary N) is 1. The summed E-state index contributed by atoms with van der Waals surface area (Å²) in [4.78, 5) is 27.2. The van der Waals surface area contributed by atoms with Crippen molar-refractivity contribution in [2.45, 2.75) is 6.92 Å². The molecule has 0 saturated heterocycles. The maximum Gasteiger partial charge on any atom is 0.274 e. The fourth-order valence-electron chi connectivity index (χ4n) is 2.51. The number of hydrogen-bond acceptors (Lipinski definition) is 6. The van der Waals surface area contributed by atoms with Crippen molar-refractivity contribution in [1.82, 2.24) is 9.38 Å². The average Bonchev–Trinajstić information content (AvgIpc) is 2.92. The van der Waals surface area contributed by atoms with Crippen LogP contribution in [0.2, 0.25) is 0 Å². The molecule has 0 spiro atoms. The van der Waals surface area contributed by atoms with Gasteiger partial charge in [0, 0.05) is 18.3 Å². The van der Waals surface area contributed by atoms with E-state index in [1.807, 2.05) is 0 Å². The van der Waals surface area contributed by atoms with E-state index in [0.717, 1.165) is 18.2 Å². The summed E-state index contributed by atoms with van der Waals surface area (Å²) in [6.07, 6.45) is 1.65. The van der Waals surface area contributed by atoms with Gasteiger partial charge in [0.1, 0.15) is 11.4 Å². The molecule has 3 rings (SSSR count). The highest BCUT2D eigenvalue weighted by molar-refractivity contribution is 6.05. The lowest BCUT2D eigenvalue weighted by molar-refractivity contribution is -0.384. The normalized spacial score (nSPS) is 10.6. The summed E-state index contributed by atoms with van der Waals surface area (Å²) in [7, 11) is 1.50. The van der Waals surface area contributed by atoms with E-state index < -0.39 is 10.8 Å². The van der Waals surface area contributed by atoms with Crippen LogP contribution in [0.5, 0.6) is 11.5 Å². The lowest BCUT2D eigenvalue weighted by Gasteiger charge is -2.08. The van der Waals surface area contributed by atoms with Gasteiger partial charge in [-0.3, -0.25) is 19.3 Å². The van der Waals surface area contributed by atoms with Crippen LogP contribution in [0, 0.1) is 17.0 Å². The van der Waals surface area contributed by atoms with Gasteiger partial charge in [0.25, 0.3) is 11.6 Å². The molecule has 2 aromatic heterocycles. The number of carbonyl (C=O) groups is 1. The van der Waals surface area contributed by atoms with Crippen molar-refractivity contribution in [3.05, 3.63) is 58.0 Å². The van der Waals surface area contributed by atoms with E-state index in [1.54, 1.807) is 29.7 Å². The number of non-ortho nitro benzene ring substituents is 1. The number of nitro benzene ring substituents is 1. The highest BCUT2D eigenvalue weighted by atomic mass is 16.6. The molecular formula is C16H14N4O5. The number of phenols is 1. The number of nitro groups is 1. The number of pyridine rings is 1. The minimum atomic E-state index is -0.612. The summed E-state index contributed by atoms with van der Waals surface area (Å²) in [5.74, 6) is -0.333. The number of aromatic nitrogens is 2. The van der Waals surface area contributed by atoms with Gasteiger partial charge in [-0.2, -0.15) is 0 Å². The van der Waals surface area contributed by atoms with Crippen molar-refractivity contribution >= 4 is 22.9 Å². The van der Waals surface area contributed by atoms with Gasteiger partial charge in [-0.15, -0.1) is 0 Å². The summed E-state index contributed by atoms with van der Waals surface area (Å²) < 4.78 is 6.78. The molecule has 3 aromatic rings. The number of ether oxygens (including phenoxy) is 1.